The quantitative estimate of drug-likeness (QED) is 0.579. The molecule has 5 heteroatoms. The Labute approximate surface area is 128 Å². The molecule has 4 nitrogen and oxygen atoms in total. The van der Waals surface area contributed by atoms with Crippen LogP contribution >= 0.6 is 11.6 Å². The highest BCUT2D eigenvalue weighted by Gasteiger charge is 2.06. The molecule has 0 amide bonds. The molecule has 0 aromatic heterocycles. The molecule has 0 unspecified atom stereocenters. The highest BCUT2D eigenvalue weighted by Crippen LogP contribution is 2.24. The first kappa shape index (κ1) is 15.2. The Kier molecular flexibility index (Phi) is 5.46. The topological polar surface area (TPSA) is 44.8 Å². The number of benzene rings is 2. The average Bonchev–Trinajstić information content (AvgIpc) is 2.52. The van der Waals surface area contributed by atoms with Gasteiger partial charge in [-0.25, -0.2) is 0 Å². The van der Waals surface area contributed by atoms with Crippen LogP contribution in [0.15, 0.2) is 42.5 Å². The summed E-state index contributed by atoms with van der Waals surface area (Å²) < 4.78 is 16.1. The zero-order valence-corrected chi connectivity index (χ0v) is 12.3. The third kappa shape index (κ3) is 4.13. The van der Waals surface area contributed by atoms with Crippen molar-refractivity contribution in [1.82, 2.24) is 0 Å². The molecule has 0 aliphatic rings. The summed E-state index contributed by atoms with van der Waals surface area (Å²) in [5.41, 5.74) is 0.351. The number of aldehydes is 1. The summed E-state index contributed by atoms with van der Waals surface area (Å²) in [7, 11) is 1.61. The molecule has 0 spiro atoms. The fourth-order valence-corrected chi connectivity index (χ4v) is 1.95. The number of hydrogen-bond acceptors (Lipinski definition) is 4. The molecule has 2 rings (SSSR count). The SMILES string of the molecule is COc1ccc(OCCOc2cccc(Cl)c2C=O)cc1. The lowest BCUT2D eigenvalue weighted by Crippen LogP contribution is -2.10. The number of rotatable bonds is 7. The van der Waals surface area contributed by atoms with E-state index in [1.807, 2.05) is 24.3 Å². The van der Waals surface area contributed by atoms with E-state index in [-0.39, 0.29) is 0 Å². The maximum absolute atomic E-state index is 11.0. The second kappa shape index (κ2) is 7.55. The molecule has 0 heterocycles. The molecular weight excluding hydrogens is 292 g/mol. The average molecular weight is 307 g/mol. The van der Waals surface area contributed by atoms with Crippen molar-refractivity contribution in [2.24, 2.45) is 0 Å². The minimum absolute atomic E-state index is 0.313. The molecule has 0 atom stereocenters. The van der Waals surface area contributed by atoms with E-state index in [9.17, 15) is 4.79 Å². The van der Waals surface area contributed by atoms with Crippen LogP contribution in [0.3, 0.4) is 0 Å². The summed E-state index contributed by atoms with van der Waals surface area (Å²) in [5, 5.41) is 0.374. The lowest BCUT2D eigenvalue weighted by Gasteiger charge is -2.10. The van der Waals surface area contributed by atoms with Crippen LogP contribution in [0.2, 0.25) is 5.02 Å². The van der Waals surface area contributed by atoms with E-state index in [0.717, 1.165) is 11.5 Å². The Morgan fingerprint density at radius 3 is 2.33 bits per heavy atom. The van der Waals surface area contributed by atoms with E-state index >= 15 is 0 Å². The summed E-state index contributed by atoms with van der Waals surface area (Å²) in [5.74, 6) is 1.95. The lowest BCUT2D eigenvalue weighted by atomic mass is 10.2. The molecule has 110 valence electrons. The number of carbonyl (C=O) groups excluding carboxylic acids is 1. The van der Waals surface area contributed by atoms with Crippen molar-refractivity contribution in [3.63, 3.8) is 0 Å². The van der Waals surface area contributed by atoms with Gasteiger partial charge < -0.3 is 14.2 Å². The third-order valence-electron chi connectivity index (χ3n) is 2.80. The first-order chi connectivity index (χ1) is 10.2. The van der Waals surface area contributed by atoms with Crippen molar-refractivity contribution in [2.45, 2.75) is 0 Å². The summed E-state index contributed by atoms with van der Waals surface area (Å²) in [6.45, 7) is 0.671. The number of methoxy groups -OCH3 is 1. The fourth-order valence-electron chi connectivity index (χ4n) is 1.74. The van der Waals surface area contributed by atoms with E-state index < -0.39 is 0 Å². The molecule has 0 bridgehead atoms. The second-order valence-corrected chi connectivity index (χ2v) is 4.55. The molecule has 0 fully saturated rings. The van der Waals surface area contributed by atoms with Gasteiger partial charge in [0.2, 0.25) is 0 Å². The van der Waals surface area contributed by atoms with E-state index in [1.165, 1.54) is 0 Å². The van der Waals surface area contributed by atoms with Gasteiger partial charge in [-0.05, 0) is 36.4 Å². The molecule has 0 aliphatic heterocycles. The van der Waals surface area contributed by atoms with Crippen molar-refractivity contribution in [3.05, 3.63) is 53.1 Å². The van der Waals surface area contributed by atoms with Gasteiger partial charge in [-0.1, -0.05) is 17.7 Å². The molecular formula is C16H15ClO4. The molecule has 0 radical (unpaired) electrons. The van der Waals surface area contributed by atoms with Crippen LogP contribution < -0.4 is 14.2 Å². The van der Waals surface area contributed by atoms with Crippen LogP contribution in [-0.2, 0) is 0 Å². The maximum atomic E-state index is 11.0. The fraction of sp³-hybridized carbons (Fsp3) is 0.188. The summed E-state index contributed by atoms with van der Waals surface area (Å²) in [4.78, 5) is 11.0. The zero-order valence-electron chi connectivity index (χ0n) is 11.5. The molecule has 2 aromatic rings. The standard InChI is InChI=1S/C16H15ClO4/c1-19-12-5-7-13(8-6-12)20-9-10-21-16-4-2-3-15(17)14(16)11-18/h2-8,11H,9-10H2,1H3. The number of hydrogen-bond donors (Lipinski definition) is 0. The third-order valence-corrected chi connectivity index (χ3v) is 3.13. The van der Waals surface area contributed by atoms with Crippen molar-refractivity contribution >= 4 is 17.9 Å². The molecule has 21 heavy (non-hydrogen) atoms. The molecule has 2 aromatic carbocycles. The first-order valence-electron chi connectivity index (χ1n) is 6.38. The Morgan fingerprint density at radius 2 is 1.67 bits per heavy atom. The summed E-state index contributed by atoms with van der Waals surface area (Å²) in [6.07, 6.45) is 0.683. The van der Waals surface area contributed by atoms with E-state index in [2.05, 4.69) is 0 Å². The van der Waals surface area contributed by atoms with Crippen molar-refractivity contribution in [3.8, 4) is 17.2 Å². The molecule has 0 aliphatic carbocycles. The predicted molar refractivity (Wildman–Crippen MR) is 80.8 cm³/mol. The molecule has 0 N–H and O–H groups in total. The van der Waals surface area contributed by atoms with Gasteiger partial charge in [0.1, 0.15) is 30.5 Å². The smallest absolute Gasteiger partial charge is 0.155 e. The Bertz CT molecular complexity index is 596. The molecule has 0 saturated heterocycles. The van der Waals surface area contributed by atoms with Gasteiger partial charge in [-0.2, -0.15) is 0 Å². The first-order valence-corrected chi connectivity index (χ1v) is 6.75. The lowest BCUT2D eigenvalue weighted by molar-refractivity contribution is 0.111. The van der Waals surface area contributed by atoms with Crippen LogP contribution in [0.5, 0.6) is 17.2 Å². The molecule has 0 saturated carbocycles. The minimum Gasteiger partial charge on any atom is -0.497 e. The Balaban J connectivity index is 1.84. The maximum Gasteiger partial charge on any atom is 0.155 e. The van der Waals surface area contributed by atoms with Crippen molar-refractivity contribution < 1.29 is 19.0 Å². The largest absolute Gasteiger partial charge is 0.497 e. The monoisotopic (exact) mass is 306 g/mol. The second-order valence-electron chi connectivity index (χ2n) is 4.14. The van der Waals surface area contributed by atoms with Crippen molar-refractivity contribution in [2.75, 3.05) is 20.3 Å². The van der Waals surface area contributed by atoms with Crippen LogP contribution in [0.4, 0.5) is 0 Å². The van der Waals surface area contributed by atoms with Gasteiger partial charge >= 0.3 is 0 Å². The Hall–Kier alpha value is -2.20. The minimum atomic E-state index is 0.313. The van der Waals surface area contributed by atoms with Crippen LogP contribution in [0, 0.1) is 0 Å². The number of carbonyl (C=O) groups is 1. The van der Waals surface area contributed by atoms with Crippen LogP contribution in [0.1, 0.15) is 10.4 Å². The summed E-state index contributed by atoms with van der Waals surface area (Å²) >= 11 is 5.91. The van der Waals surface area contributed by atoms with Crippen LogP contribution in [0.25, 0.3) is 0 Å². The van der Waals surface area contributed by atoms with E-state index in [0.29, 0.717) is 35.8 Å². The highest BCUT2D eigenvalue weighted by atomic mass is 35.5. The van der Waals surface area contributed by atoms with E-state index in [4.69, 9.17) is 25.8 Å². The van der Waals surface area contributed by atoms with Gasteiger partial charge in [0.25, 0.3) is 0 Å². The number of ether oxygens (including phenoxy) is 3. The van der Waals surface area contributed by atoms with Gasteiger partial charge in [-0.3, -0.25) is 4.79 Å². The normalized spacial score (nSPS) is 10.0. The van der Waals surface area contributed by atoms with Gasteiger partial charge in [0, 0.05) is 0 Å². The predicted octanol–water partition coefficient (Wildman–Crippen LogP) is 3.62. The highest BCUT2D eigenvalue weighted by molar-refractivity contribution is 6.33. The van der Waals surface area contributed by atoms with Gasteiger partial charge in [-0.15, -0.1) is 0 Å². The van der Waals surface area contributed by atoms with E-state index in [1.54, 1.807) is 25.3 Å². The van der Waals surface area contributed by atoms with Crippen LogP contribution in [-0.4, -0.2) is 26.6 Å². The van der Waals surface area contributed by atoms with Crippen molar-refractivity contribution in [1.29, 1.82) is 0 Å². The number of halogens is 1. The summed E-state index contributed by atoms with van der Waals surface area (Å²) in [6, 6.07) is 12.3. The van der Waals surface area contributed by atoms with Gasteiger partial charge in [0.05, 0.1) is 17.7 Å². The van der Waals surface area contributed by atoms with Gasteiger partial charge in [0.15, 0.2) is 6.29 Å². The zero-order chi connectivity index (χ0) is 15.1. The Morgan fingerprint density at radius 1 is 1.00 bits per heavy atom.